The highest BCUT2D eigenvalue weighted by atomic mass is 16.3. The summed E-state index contributed by atoms with van der Waals surface area (Å²) in [5.41, 5.74) is 3.19. The van der Waals surface area contributed by atoms with Crippen LogP contribution < -0.4 is 0 Å². The summed E-state index contributed by atoms with van der Waals surface area (Å²) in [4.78, 5) is 4.12. The summed E-state index contributed by atoms with van der Waals surface area (Å²) < 4.78 is 5.36. The van der Waals surface area contributed by atoms with E-state index >= 15 is 0 Å². The van der Waals surface area contributed by atoms with E-state index in [4.69, 9.17) is 4.42 Å². The average molecular weight is 195 g/mol. The lowest BCUT2D eigenvalue weighted by Crippen LogP contribution is -1.79. The van der Waals surface area contributed by atoms with Gasteiger partial charge in [0.25, 0.3) is 0 Å². The van der Waals surface area contributed by atoms with Crippen LogP contribution in [0.3, 0.4) is 0 Å². The molecule has 15 heavy (non-hydrogen) atoms. The zero-order valence-corrected chi connectivity index (χ0v) is 8.05. The lowest BCUT2D eigenvalue weighted by molar-refractivity contribution is 0.616. The van der Waals surface area contributed by atoms with Crippen molar-refractivity contribution >= 4 is 11.0 Å². The number of hydrogen-bond acceptors (Lipinski definition) is 2. The average Bonchev–Trinajstić information content (AvgIpc) is 2.78. The summed E-state index contributed by atoms with van der Waals surface area (Å²) in [6.45, 7) is 0. The van der Waals surface area contributed by atoms with Crippen LogP contribution in [0.1, 0.15) is 0 Å². The summed E-state index contributed by atoms with van der Waals surface area (Å²) in [6.07, 6.45) is 5.35. The summed E-state index contributed by atoms with van der Waals surface area (Å²) in [6, 6.07) is 12.0. The number of aromatic nitrogens is 1. The number of pyridine rings is 1. The van der Waals surface area contributed by atoms with Crippen molar-refractivity contribution in [3.63, 3.8) is 0 Å². The van der Waals surface area contributed by atoms with Gasteiger partial charge in [-0.15, -0.1) is 0 Å². The molecule has 2 nitrogen and oxygen atoms in total. The predicted octanol–water partition coefficient (Wildman–Crippen LogP) is 3.49. The van der Waals surface area contributed by atoms with E-state index in [1.165, 1.54) is 0 Å². The fourth-order valence-corrected chi connectivity index (χ4v) is 1.77. The van der Waals surface area contributed by atoms with Gasteiger partial charge >= 0.3 is 0 Å². The highest BCUT2D eigenvalue weighted by Crippen LogP contribution is 2.28. The molecule has 3 rings (SSSR count). The number of hydrogen-bond donors (Lipinski definition) is 0. The predicted molar refractivity (Wildman–Crippen MR) is 59.4 cm³/mol. The maximum atomic E-state index is 5.36. The van der Waals surface area contributed by atoms with E-state index < -0.39 is 0 Å². The van der Waals surface area contributed by atoms with Crippen LogP contribution in [-0.2, 0) is 0 Å². The van der Waals surface area contributed by atoms with Crippen molar-refractivity contribution in [3.05, 3.63) is 55.1 Å². The monoisotopic (exact) mass is 195 g/mol. The van der Waals surface area contributed by atoms with Gasteiger partial charge in [0, 0.05) is 23.3 Å². The van der Waals surface area contributed by atoms with Crippen LogP contribution in [0.4, 0.5) is 0 Å². The van der Waals surface area contributed by atoms with Crippen LogP contribution in [-0.4, -0.2) is 4.98 Å². The zero-order valence-electron chi connectivity index (χ0n) is 8.05. The van der Waals surface area contributed by atoms with Gasteiger partial charge in [-0.3, -0.25) is 4.98 Å². The van der Waals surface area contributed by atoms with Crippen LogP contribution in [0.15, 0.2) is 59.5 Å². The first-order valence-corrected chi connectivity index (χ1v) is 4.82. The molecule has 0 radical (unpaired) electrons. The van der Waals surface area contributed by atoms with Crippen molar-refractivity contribution in [2.24, 2.45) is 0 Å². The van der Waals surface area contributed by atoms with Gasteiger partial charge in [0.2, 0.25) is 0 Å². The molecule has 0 aliphatic heterocycles. The zero-order chi connectivity index (χ0) is 10.1. The lowest BCUT2D eigenvalue weighted by Gasteiger charge is -2.01. The molecule has 1 aromatic carbocycles. The fourth-order valence-electron chi connectivity index (χ4n) is 1.77. The molecule has 0 unspecified atom stereocenters. The van der Waals surface area contributed by atoms with Gasteiger partial charge in [-0.05, 0) is 23.8 Å². The van der Waals surface area contributed by atoms with Crippen molar-refractivity contribution in [2.75, 3.05) is 0 Å². The molecule has 2 heterocycles. The van der Waals surface area contributed by atoms with E-state index in [2.05, 4.69) is 17.1 Å². The van der Waals surface area contributed by atoms with Crippen LogP contribution in [0.5, 0.6) is 0 Å². The van der Waals surface area contributed by atoms with Crippen molar-refractivity contribution in [3.8, 4) is 11.1 Å². The highest BCUT2D eigenvalue weighted by molar-refractivity contribution is 5.93. The molecule has 0 N–H and O–H groups in total. The minimum atomic E-state index is 0.913. The van der Waals surface area contributed by atoms with E-state index in [0.717, 1.165) is 22.1 Å². The Labute approximate surface area is 87.2 Å². The molecular weight excluding hydrogens is 186 g/mol. The standard InChI is InChI=1S/C13H9NO/c1-4-11(10-3-2-7-14-9-10)12-6-8-15-13(12)5-1/h1-9H. The molecule has 0 saturated carbocycles. The maximum absolute atomic E-state index is 5.36. The fraction of sp³-hybridized carbons (Fsp3) is 0. The lowest BCUT2D eigenvalue weighted by atomic mass is 10.0. The van der Waals surface area contributed by atoms with Crippen LogP contribution in [0.2, 0.25) is 0 Å². The molecule has 0 bridgehead atoms. The van der Waals surface area contributed by atoms with Gasteiger partial charge in [0.1, 0.15) is 5.58 Å². The topological polar surface area (TPSA) is 26.0 Å². The molecule has 72 valence electrons. The molecular formula is C13H9NO. The molecule has 0 saturated heterocycles. The minimum absolute atomic E-state index is 0.913. The second kappa shape index (κ2) is 3.24. The van der Waals surface area contributed by atoms with Crippen LogP contribution >= 0.6 is 0 Å². The molecule has 0 spiro atoms. The third-order valence-electron chi connectivity index (χ3n) is 2.47. The Morgan fingerprint density at radius 3 is 2.87 bits per heavy atom. The van der Waals surface area contributed by atoms with E-state index in [-0.39, 0.29) is 0 Å². The van der Waals surface area contributed by atoms with Crippen molar-refractivity contribution in [1.82, 2.24) is 4.98 Å². The van der Waals surface area contributed by atoms with Crippen molar-refractivity contribution in [2.45, 2.75) is 0 Å². The van der Waals surface area contributed by atoms with Gasteiger partial charge in [0.15, 0.2) is 0 Å². The molecule has 0 aliphatic rings. The summed E-state index contributed by atoms with van der Waals surface area (Å²) >= 11 is 0. The molecule has 2 aromatic heterocycles. The second-order valence-electron chi connectivity index (χ2n) is 3.38. The summed E-state index contributed by atoms with van der Waals surface area (Å²) in [5.74, 6) is 0. The Morgan fingerprint density at radius 2 is 2.00 bits per heavy atom. The third-order valence-corrected chi connectivity index (χ3v) is 2.47. The molecule has 0 atom stereocenters. The first-order chi connectivity index (χ1) is 7.45. The number of fused-ring (bicyclic) bond motifs is 1. The Kier molecular flexibility index (Phi) is 1.78. The normalized spacial score (nSPS) is 10.7. The Balaban J connectivity index is 2.31. The number of rotatable bonds is 1. The Hall–Kier alpha value is -2.09. The van der Waals surface area contributed by atoms with Crippen molar-refractivity contribution < 1.29 is 4.42 Å². The number of furan rings is 1. The van der Waals surface area contributed by atoms with Crippen LogP contribution in [0, 0.1) is 0 Å². The van der Waals surface area contributed by atoms with Crippen LogP contribution in [0.25, 0.3) is 22.1 Å². The van der Waals surface area contributed by atoms with Gasteiger partial charge in [-0.2, -0.15) is 0 Å². The smallest absolute Gasteiger partial charge is 0.134 e. The largest absolute Gasteiger partial charge is 0.464 e. The summed E-state index contributed by atoms with van der Waals surface area (Å²) in [5, 5.41) is 1.13. The van der Waals surface area contributed by atoms with E-state index in [0.29, 0.717) is 0 Å². The van der Waals surface area contributed by atoms with E-state index in [1.54, 1.807) is 12.5 Å². The van der Waals surface area contributed by atoms with Crippen molar-refractivity contribution in [1.29, 1.82) is 0 Å². The third kappa shape index (κ3) is 1.31. The Bertz CT molecular complexity index is 584. The minimum Gasteiger partial charge on any atom is -0.464 e. The van der Waals surface area contributed by atoms with Gasteiger partial charge in [0.05, 0.1) is 6.26 Å². The van der Waals surface area contributed by atoms with E-state index in [1.807, 2.05) is 30.5 Å². The molecule has 0 fully saturated rings. The molecule has 3 aromatic rings. The van der Waals surface area contributed by atoms with Gasteiger partial charge in [-0.1, -0.05) is 18.2 Å². The molecule has 0 amide bonds. The first kappa shape index (κ1) is 8.24. The Morgan fingerprint density at radius 1 is 1.00 bits per heavy atom. The quantitative estimate of drug-likeness (QED) is 0.594. The molecule has 0 aliphatic carbocycles. The van der Waals surface area contributed by atoms with E-state index in [9.17, 15) is 0 Å². The number of benzene rings is 1. The molecule has 2 heteroatoms. The highest BCUT2D eigenvalue weighted by Gasteiger charge is 2.04. The number of nitrogens with zero attached hydrogens (tertiary/aromatic N) is 1. The first-order valence-electron chi connectivity index (χ1n) is 4.82. The second-order valence-corrected chi connectivity index (χ2v) is 3.38. The maximum Gasteiger partial charge on any atom is 0.134 e. The van der Waals surface area contributed by atoms with Gasteiger partial charge < -0.3 is 4.42 Å². The SMILES string of the molecule is c1cncc(-c2cccc3occc23)c1. The van der Waals surface area contributed by atoms with Gasteiger partial charge in [-0.25, -0.2) is 0 Å². The summed E-state index contributed by atoms with van der Waals surface area (Å²) in [7, 11) is 0.